The van der Waals surface area contributed by atoms with Crippen molar-refractivity contribution < 1.29 is 0 Å². The predicted molar refractivity (Wildman–Crippen MR) is 86.3 cm³/mol. The molecule has 2 rings (SSSR count). The minimum atomic E-state index is 0.410. The first-order valence-electron chi connectivity index (χ1n) is 7.74. The second kappa shape index (κ2) is 6.93. The van der Waals surface area contributed by atoms with E-state index in [1.807, 2.05) is 6.20 Å². The summed E-state index contributed by atoms with van der Waals surface area (Å²) in [5.74, 6) is 0.963. The van der Waals surface area contributed by atoms with Crippen LogP contribution in [0.25, 0.3) is 0 Å². The van der Waals surface area contributed by atoms with Crippen LogP contribution in [-0.4, -0.2) is 43.1 Å². The maximum absolute atomic E-state index is 4.34. The van der Waals surface area contributed by atoms with Gasteiger partial charge >= 0.3 is 0 Å². The maximum atomic E-state index is 4.34. The number of hydrogen-bond donors (Lipinski definition) is 2. The van der Waals surface area contributed by atoms with Gasteiger partial charge < -0.3 is 15.5 Å². The zero-order chi connectivity index (χ0) is 14.4. The Morgan fingerprint density at radius 3 is 2.75 bits per heavy atom. The van der Waals surface area contributed by atoms with Gasteiger partial charge in [-0.25, -0.2) is 4.98 Å². The molecular formula is C16H28N4. The van der Waals surface area contributed by atoms with Crippen molar-refractivity contribution >= 4 is 11.5 Å². The van der Waals surface area contributed by atoms with E-state index >= 15 is 0 Å². The predicted octanol–water partition coefficient (Wildman–Crippen LogP) is 3.05. The van der Waals surface area contributed by atoms with E-state index in [2.05, 4.69) is 53.5 Å². The topological polar surface area (TPSA) is 40.2 Å². The fourth-order valence-corrected chi connectivity index (χ4v) is 2.54. The summed E-state index contributed by atoms with van der Waals surface area (Å²) in [6.07, 6.45) is 5.52. The van der Waals surface area contributed by atoms with Crippen molar-refractivity contribution in [3.05, 3.63) is 18.3 Å². The molecule has 2 heterocycles. The minimum Gasteiger partial charge on any atom is -0.384 e. The number of likely N-dealkylation sites (tertiary alicyclic amines) is 1. The summed E-state index contributed by atoms with van der Waals surface area (Å²) >= 11 is 0. The lowest BCUT2D eigenvalue weighted by Crippen LogP contribution is -2.40. The molecule has 0 saturated carbocycles. The molecule has 0 radical (unpaired) electrons. The highest BCUT2D eigenvalue weighted by Gasteiger charge is 2.28. The van der Waals surface area contributed by atoms with E-state index in [0.717, 1.165) is 25.3 Å². The number of aromatic nitrogens is 1. The highest BCUT2D eigenvalue weighted by molar-refractivity contribution is 5.51. The fraction of sp³-hybridized carbons (Fsp3) is 0.688. The molecule has 1 saturated heterocycles. The van der Waals surface area contributed by atoms with Crippen LogP contribution < -0.4 is 10.6 Å². The molecule has 0 atom stereocenters. The molecular weight excluding hydrogens is 248 g/mol. The summed E-state index contributed by atoms with van der Waals surface area (Å²) in [5, 5.41) is 6.92. The largest absolute Gasteiger partial charge is 0.384 e. The standard InChI is InChI=1S/C16H28N4/c1-4-8-17-15-12-14(5-9-18-15)19-13-16(2)6-10-20(3)11-7-16/h5,9,12H,4,6-8,10-11,13H2,1-3H3,(H2,17,18,19). The first-order valence-corrected chi connectivity index (χ1v) is 7.74. The molecule has 1 aliphatic heterocycles. The molecule has 4 nitrogen and oxygen atoms in total. The average Bonchev–Trinajstić information content (AvgIpc) is 2.47. The van der Waals surface area contributed by atoms with Crippen molar-refractivity contribution in [2.45, 2.75) is 33.1 Å². The van der Waals surface area contributed by atoms with Gasteiger partial charge in [0.2, 0.25) is 0 Å². The van der Waals surface area contributed by atoms with Crippen LogP contribution in [-0.2, 0) is 0 Å². The highest BCUT2D eigenvalue weighted by atomic mass is 15.1. The first kappa shape index (κ1) is 15.1. The molecule has 1 aliphatic rings. The second-order valence-electron chi connectivity index (χ2n) is 6.32. The van der Waals surface area contributed by atoms with Gasteiger partial charge in [-0.15, -0.1) is 0 Å². The minimum absolute atomic E-state index is 0.410. The number of rotatable bonds is 6. The van der Waals surface area contributed by atoms with Gasteiger partial charge in [0.1, 0.15) is 5.82 Å². The van der Waals surface area contributed by atoms with Gasteiger partial charge in [0.05, 0.1) is 0 Å². The summed E-state index contributed by atoms with van der Waals surface area (Å²) in [4.78, 5) is 6.76. The molecule has 112 valence electrons. The Labute approximate surface area is 123 Å². The van der Waals surface area contributed by atoms with Crippen molar-refractivity contribution in [1.29, 1.82) is 0 Å². The van der Waals surface area contributed by atoms with Gasteiger partial charge in [-0.3, -0.25) is 0 Å². The number of hydrogen-bond acceptors (Lipinski definition) is 4. The van der Waals surface area contributed by atoms with Gasteiger partial charge in [0.15, 0.2) is 0 Å². The van der Waals surface area contributed by atoms with Crippen LogP contribution in [0, 0.1) is 5.41 Å². The Balaban J connectivity index is 1.87. The van der Waals surface area contributed by atoms with E-state index < -0.39 is 0 Å². The van der Waals surface area contributed by atoms with Crippen LogP contribution in [0.1, 0.15) is 33.1 Å². The van der Waals surface area contributed by atoms with E-state index in [1.54, 1.807) is 0 Å². The van der Waals surface area contributed by atoms with Crippen molar-refractivity contribution in [3.63, 3.8) is 0 Å². The third kappa shape index (κ3) is 4.37. The Hall–Kier alpha value is -1.29. The van der Waals surface area contributed by atoms with Crippen LogP contribution in [0.2, 0.25) is 0 Å². The molecule has 0 aliphatic carbocycles. The number of pyridine rings is 1. The van der Waals surface area contributed by atoms with Gasteiger partial charge in [-0.05, 0) is 50.9 Å². The molecule has 1 aromatic heterocycles. The molecule has 2 N–H and O–H groups in total. The highest BCUT2D eigenvalue weighted by Crippen LogP contribution is 2.30. The number of piperidine rings is 1. The Bertz CT molecular complexity index is 411. The smallest absolute Gasteiger partial charge is 0.127 e. The quantitative estimate of drug-likeness (QED) is 0.838. The molecule has 0 aromatic carbocycles. The third-order valence-corrected chi connectivity index (χ3v) is 4.23. The van der Waals surface area contributed by atoms with Crippen molar-refractivity contribution in [2.24, 2.45) is 5.41 Å². The third-order valence-electron chi connectivity index (χ3n) is 4.23. The molecule has 4 heteroatoms. The Morgan fingerprint density at radius 2 is 2.05 bits per heavy atom. The zero-order valence-electron chi connectivity index (χ0n) is 13.1. The van der Waals surface area contributed by atoms with E-state index in [0.29, 0.717) is 5.41 Å². The summed E-state index contributed by atoms with van der Waals surface area (Å²) in [5.41, 5.74) is 1.58. The number of nitrogens with zero attached hydrogens (tertiary/aromatic N) is 2. The van der Waals surface area contributed by atoms with Crippen LogP contribution in [0.3, 0.4) is 0 Å². The van der Waals surface area contributed by atoms with Gasteiger partial charge in [-0.1, -0.05) is 13.8 Å². The van der Waals surface area contributed by atoms with Crippen LogP contribution in [0.5, 0.6) is 0 Å². The Morgan fingerprint density at radius 1 is 1.30 bits per heavy atom. The molecule has 0 amide bonds. The second-order valence-corrected chi connectivity index (χ2v) is 6.32. The zero-order valence-corrected chi connectivity index (χ0v) is 13.1. The normalized spacial score (nSPS) is 18.8. The SMILES string of the molecule is CCCNc1cc(NCC2(C)CCN(C)CC2)ccn1. The molecule has 1 fully saturated rings. The maximum Gasteiger partial charge on any atom is 0.127 e. The van der Waals surface area contributed by atoms with Gasteiger partial charge in [0.25, 0.3) is 0 Å². The lowest BCUT2D eigenvalue weighted by molar-refractivity contribution is 0.150. The Kier molecular flexibility index (Phi) is 5.24. The van der Waals surface area contributed by atoms with E-state index in [4.69, 9.17) is 0 Å². The molecule has 0 bridgehead atoms. The molecule has 1 aromatic rings. The summed E-state index contributed by atoms with van der Waals surface area (Å²) in [7, 11) is 2.21. The fourth-order valence-electron chi connectivity index (χ4n) is 2.54. The van der Waals surface area contributed by atoms with Crippen molar-refractivity contribution in [2.75, 3.05) is 43.9 Å². The van der Waals surface area contributed by atoms with Crippen LogP contribution in [0.15, 0.2) is 18.3 Å². The van der Waals surface area contributed by atoms with Crippen LogP contribution in [0.4, 0.5) is 11.5 Å². The van der Waals surface area contributed by atoms with Crippen LogP contribution >= 0.6 is 0 Å². The number of anilines is 2. The lowest BCUT2D eigenvalue weighted by atomic mass is 9.80. The first-order chi connectivity index (χ1) is 9.61. The summed E-state index contributed by atoms with van der Waals surface area (Å²) in [6.45, 7) is 8.98. The summed E-state index contributed by atoms with van der Waals surface area (Å²) in [6, 6.07) is 4.16. The van der Waals surface area contributed by atoms with E-state index in [1.165, 1.54) is 31.6 Å². The molecule has 0 unspecified atom stereocenters. The summed E-state index contributed by atoms with van der Waals surface area (Å²) < 4.78 is 0. The van der Waals surface area contributed by atoms with Gasteiger partial charge in [0, 0.05) is 31.0 Å². The lowest BCUT2D eigenvalue weighted by Gasteiger charge is -2.38. The van der Waals surface area contributed by atoms with Crippen molar-refractivity contribution in [1.82, 2.24) is 9.88 Å². The number of nitrogens with one attached hydrogen (secondary N) is 2. The van der Waals surface area contributed by atoms with Crippen molar-refractivity contribution in [3.8, 4) is 0 Å². The molecule has 20 heavy (non-hydrogen) atoms. The molecule has 0 spiro atoms. The monoisotopic (exact) mass is 276 g/mol. The van der Waals surface area contributed by atoms with Gasteiger partial charge in [-0.2, -0.15) is 0 Å². The van der Waals surface area contributed by atoms with E-state index in [-0.39, 0.29) is 0 Å². The van der Waals surface area contributed by atoms with E-state index in [9.17, 15) is 0 Å². The average molecular weight is 276 g/mol.